The number of carbonyl (C=O) groups is 1. The van der Waals surface area contributed by atoms with E-state index in [0.717, 1.165) is 12.8 Å². The number of thiophene rings is 1. The second-order valence-corrected chi connectivity index (χ2v) is 9.58. The molecule has 22 heavy (non-hydrogen) atoms. The van der Waals surface area contributed by atoms with Crippen LogP contribution < -0.4 is 4.90 Å². The molecule has 1 amide bonds. The van der Waals surface area contributed by atoms with Gasteiger partial charge in [-0.25, -0.2) is 0 Å². The van der Waals surface area contributed by atoms with Gasteiger partial charge in [-0.05, 0) is 49.1 Å². The highest BCUT2D eigenvalue weighted by Gasteiger charge is 2.69. The van der Waals surface area contributed by atoms with Crippen LogP contribution in [0.15, 0.2) is 6.07 Å². The van der Waals surface area contributed by atoms with Crippen LogP contribution in [0, 0.1) is 30.6 Å². The Kier molecular flexibility index (Phi) is 3.71. The van der Waals surface area contributed by atoms with Crippen molar-refractivity contribution in [1.82, 2.24) is 0 Å². The summed E-state index contributed by atoms with van der Waals surface area (Å²) in [5.41, 5.74) is 1.54. The van der Waals surface area contributed by atoms with E-state index in [1.807, 2.05) is 0 Å². The number of anilines is 1. The van der Waals surface area contributed by atoms with Gasteiger partial charge in [0.1, 0.15) is 0 Å². The van der Waals surface area contributed by atoms with E-state index < -0.39 is 0 Å². The second kappa shape index (κ2) is 5.09. The number of hydrogen-bond donors (Lipinski definition) is 0. The van der Waals surface area contributed by atoms with Crippen molar-refractivity contribution in [3.63, 3.8) is 0 Å². The first-order chi connectivity index (χ1) is 10.2. The van der Waals surface area contributed by atoms with Crippen molar-refractivity contribution in [3.8, 4) is 0 Å². The molecule has 1 aromatic rings. The maximum absolute atomic E-state index is 13.4. The van der Waals surface area contributed by atoms with Crippen molar-refractivity contribution in [1.29, 1.82) is 0 Å². The highest BCUT2D eigenvalue weighted by molar-refractivity contribution is 7.16. The molecule has 0 atom stereocenters. The summed E-state index contributed by atoms with van der Waals surface area (Å²) in [5, 5.41) is 1.17. The fourth-order valence-corrected chi connectivity index (χ4v) is 5.36. The molecule has 2 fully saturated rings. The average molecular weight is 320 g/mol. The molecule has 1 aromatic heterocycles. The zero-order valence-electron chi connectivity index (χ0n) is 14.8. The number of rotatable bonds is 3. The smallest absolute Gasteiger partial charge is 0.232 e. The van der Waals surface area contributed by atoms with Crippen molar-refractivity contribution in [3.05, 3.63) is 16.5 Å². The van der Waals surface area contributed by atoms with Gasteiger partial charge in [0.25, 0.3) is 0 Å². The number of nitrogens with zero attached hydrogens (tertiary/aromatic N) is 1. The lowest BCUT2D eigenvalue weighted by atomic mass is 10.0. The molecule has 0 radical (unpaired) electrons. The normalized spacial score (nSPS) is 23.7. The van der Waals surface area contributed by atoms with Gasteiger partial charge in [-0.15, -0.1) is 11.3 Å². The van der Waals surface area contributed by atoms with E-state index in [9.17, 15) is 4.79 Å². The first-order valence-electron chi connectivity index (χ1n) is 8.58. The summed E-state index contributed by atoms with van der Waals surface area (Å²) in [5.74, 6) is 0.520. The minimum atomic E-state index is 0.113. The largest absolute Gasteiger partial charge is 0.300 e. The summed E-state index contributed by atoms with van der Waals surface area (Å²) >= 11 is 1.79. The van der Waals surface area contributed by atoms with Gasteiger partial charge < -0.3 is 4.90 Å². The number of aryl methyl sites for hydroxylation is 2. The minimum Gasteiger partial charge on any atom is -0.300 e. The zero-order chi connectivity index (χ0) is 16.3. The molecule has 2 nitrogen and oxygen atoms in total. The first-order valence-corrected chi connectivity index (χ1v) is 9.39. The molecule has 3 rings (SSSR count). The van der Waals surface area contributed by atoms with Crippen LogP contribution in [0.1, 0.15) is 63.8 Å². The Morgan fingerprint density at radius 2 is 1.68 bits per heavy atom. The Morgan fingerprint density at radius 1 is 1.14 bits per heavy atom. The Labute approximate surface area is 138 Å². The molecule has 2 aliphatic rings. The monoisotopic (exact) mass is 319 g/mol. The Hall–Kier alpha value is -0.830. The standard InChI is InChI=1S/C19H29NOS/c1-12-11-15(22-13(12)2)20(14-9-7-8-10-14)17(21)16-18(3,4)19(16,5)6/h11,14,16H,7-10H2,1-6H3. The van der Waals surface area contributed by atoms with Crippen LogP contribution in [0.2, 0.25) is 0 Å². The first kappa shape index (κ1) is 16.0. The third-order valence-electron chi connectivity index (χ3n) is 6.59. The van der Waals surface area contributed by atoms with Crippen molar-refractivity contribution < 1.29 is 4.79 Å². The van der Waals surface area contributed by atoms with Gasteiger partial charge in [-0.3, -0.25) is 4.79 Å². The highest BCUT2D eigenvalue weighted by Crippen LogP contribution is 2.69. The fourth-order valence-electron chi connectivity index (χ4n) is 4.26. The molecular weight excluding hydrogens is 290 g/mol. The van der Waals surface area contributed by atoms with Crippen LogP contribution in [0.3, 0.4) is 0 Å². The summed E-state index contributed by atoms with van der Waals surface area (Å²) in [6, 6.07) is 2.63. The Morgan fingerprint density at radius 3 is 2.09 bits per heavy atom. The second-order valence-electron chi connectivity index (χ2n) is 8.35. The van der Waals surface area contributed by atoms with Gasteiger partial charge in [0.15, 0.2) is 0 Å². The van der Waals surface area contributed by atoms with Crippen molar-refractivity contribution in [2.75, 3.05) is 4.90 Å². The fraction of sp³-hybridized carbons (Fsp3) is 0.737. The predicted molar refractivity (Wildman–Crippen MR) is 94.6 cm³/mol. The minimum absolute atomic E-state index is 0.113. The van der Waals surface area contributed by atoms with Crippen LogP contribution >= 0.6 is 11.3 Å². The maximum atomic E-state index is 13.4. The Balaban J connectivity index is 1.94. The van der Waals surface area contributed by atoms with Gasteiger partial charge in [0.05, 0.1) is 5.00 Å². The molecule has 0 saturated heterocycles. The molecular formula is C19H29NOS. The van der Waals surface area contributed by atoms with E-state index >= 15 is 0 Å². The van der Waals surface area contributed by atoms with Crippen molar-refractivity contribution in [2.45, 2.75) is 73.3 Å². The van der Waals surface area contributed by atoms with E-state index in [2.05, 4.69) is 52.5 Å². The number of amides is 1. The lowest BCUT2D eigenvalue weighted by Gasteiger charge is -2.28. The summed E-state index contributed by atoms with van der Waals surface area (Å²) in [6.45, 7) is 13.3. The van der Waals surface area contributed by atoms with Crippen LogP contribution in [0.25, 0.3) is 0 Å². The SMILES string of the molecule is Cc1cc(N(C(=O)C2C(C)(C)C2(C)C)C2CCCC2)sc1C. The lowest BCUT2D eigenvalue weighted by molar-refractivity contribution is -0.121. The van der Waals surface area contributed by atoms with E-state index in [0.29, 0.717) is 11.9 Å². The summed E-state index contributed by atoms with van der Waals surface area (Å²) in [6.07, 6.45) is 4.84. The van der Waals surface area contributed by atoms with Crippen molar-refractivity contribution in [2.24, 2.45) is 16.7 Å². The van der Waals surface area contributed by atoms with Gasteiger partial charge in [-0.1, -0.05) is 40.5 Å². The van der Waals surface area contributed by atoms with Crippen LogP contribution in [0.4, 0.5) is 5.00 Å². The molecule has 0 spiro atoms. The molecule has 0 aliphatic heterocycles. The van der Waals surface area contributed by atoms with Gasteiger partial charge >= 0.3 is 0 Å². The van der Waals surface area contributed by atoms with Gasteiger partial charge in [0, 0.05) is 16.8 Å². The summed E-state index contributed by atoms with van der Waals surface area (Å²) in [7, 11) is 0. The van der Waals surface area contributed by atoms with Crippen LogP contribution in [0.5, 0.6) is 0 Å². The molecule has 2 aliphatic carbocycles. The van der Waals surface area contributed by atoms with E-state index in [1.165, 1.54) is 28.3 Å². The molecule has 0 N–H and O–H groups in total. The molecule has 0 unspecified atom stereocenters. The Bertz CT molecular complexity index is 559. The van der Waals surface area contributed by atoms with Gasteiger partial charge in [0.2, 0.25) is 5.91 Å². The number of carbonyl (C=O) groups excluding carboxylic acids is 1. The maximum Gasteiger partial charge on any atom is 0.232 e. The highest BCUT2D eigenvalue weighted by atomic mass is 32.1. The quantitative estimate of drug-likeness (QED) is 0.738. The van der Waals surface area contributed by atoms with Crippen molar-refractivity contribution >= 4 is 22.2 Å². The average Bonchev–Trinajstić information content (AvgIpc) is 2.87. The number of hydrogen-bond acceptors (Lipinski definition) is 2. The topological polar surface area (TPSA) is 20.3 Å². The zero-order valence-corrected chi connectivity index (χ0v) is 15.6. The van der Waals surface area contributed by atoms with E-state index in [-0.39, 0.29) is 16.7 Å². The molecule has 122 valence electrons. The van der Waals surface area contributed by atoms with Crippen LogP contribution in [-0.2, 0) is 4.79 Å². The third kappa shape index (κ3) is 2.24. The van der Waals surface area contributed by atoms with Gasteiger partial charge in [-0.2, -0.15) is 0 Å². The lowest BCUT2D eigenvalue weighted by Crippen LogP contribution is -2.40. The molecule has 0 bridgehead atoms. The predicted octanol–water partition coefficient (Wildman–Crippen LogP) is 5.32. The summed E-state index contributed by atoms with van der Waals surface area (Å²) in [4.78, 5) is 16.9. The summed E-state index contributed by atoms with van der Waals surface area (Å²) < 4.78 is 0. The molecule has 3 heteroatoms. The van der Waals surface area contributed by atoms with Crippen LogP contribution in [-0.4, -0.2) is 11.9 Å². The molecule has 2 saturated carbocycles. The molecule has 1 heterocycles. The van der Waals surface area contributed by atoms with E-state index in [4.69, 9.17) is 0 Å². The molecule has 0 aromatic carbocycles. The third-order valence-corrected chi connectivity index (χ3v) is 7.74. The van der Waals surface area contributed by atoms with E-state index in [1.54, 1.807) is 11.3 Å².